The van der Waals surface area contributed by atoms with Crippen LogP contribution in [0, 0.1) is 5.92 Å². The minimum Gasteiger partial charge on any atom is -0.497 e. The number of amides is 2. The normalized spacial score (nSPS) is 17.6. The molecule has 0 bridgehead atoms. The average molecular weight is 463 g/mol. The van der Waals surface area contributed by atoms with Gasteiger partial charge in [0.15, 0.2) is 0 Å². The van der Waals surface area contributed by atoms with E-state index in [4.69, 9.17) is 16.3 Å². The van der Waals surface area contributed by atoms with Gasteiger partial charge >= 0.3 is 0 Å². The summed E-state index contributed by atoms with van der Waals surface area (Å²) in [6.45, 7) is 1.29. The molecule has 0 saturated carbocycles. The van der Waals surface area contributed by atoms with E-state index in [2.05, 4.69) is 0 Å². The second-order valence-electron chi connectivity index (χ2n) is 8.36. The van der Waals surface area contributed by atoms with Crippen LogP contribution in [0.5, 0.6) is 5.75 Å². The zero-order valence-corrected chi connectivity index (χ0v) is 19.5. The summed E-state index contributed by atoms with van der Waals surface area (Å²) in [4.78, 5) is 30.4. The molecule has 5 nitrogen and oxygen atoms in total. The molecule has 4 rings (SSSR count). The lowest BCUT2D eigenvalue weighted by molar-refractivity contribution is -0.134. The fraction of sp³-hybridized carbons (Fsp3) is 0.259. The number of halogens is 1. The van der Waals surface area contributed by atoms with Crippen molar-refractivity contribution in [2.24, 2.45) is 5.92 Å². The van der Waals surface area contributed by atoms with Crippen LogP contribution in [0.4, 0.5) is 0 Å². The highest BCUT2D eigenvalue weighted by Crippen LogP contribution is 2.36. The first-order valence-corrected chi connectivity index (χ1v) is 11.3. The molecule has 1 fully saturated rings. The second-order valence-corrected chi connectivity index (χ2v) is 8.77. The van der Waals surface area contributed by atoms with Crippen molar-refractivity contribution in [1.82, 2.24) is 9.80 Å². The van der Waals surface area contributed by atoms with Gasteiger partial charge < -0.3 is 14.5 Å². The Balaban J connectivity index is 1.62. The van der Waals surface area contributed by atoms with Gasteiger partial charge in [-0.1, -0.05) is 66.2 Å². The highest BCUT2D eigenvalue weighted by atomic mass is 35.5. The van der Waals surface area contributed by atoms with Crippen molar-refractivity contribution in [1.29, 1.82) is 0 Å². The summed E-state index contributed by atoms with van der Waals surface area (Å²) >= 11 is 6.29. The number of benzene rings is 3. The van der Waals surface area contributed by atoms with Crippen LogP contribution in [0.1, 0.15) is 27.4 Å². The average Bonchev–Trinajstić information content (AvgIpc) is 3.29. The van der Waals surface area contributed by atoms with Gasteiger partial charge in [-0.2, -0.15) is 0 Å². The van der Waals surface area contributed by atoms with Gasteiger partial charge in [0.2, 0.25) is 5.91 Å². The lowest BCUT2D eigenvalue weighted by Gasteiger charge is -2.25. The second kappa shape index (κ2) is 10.1. The summed E-state index contributed by atoms with van der Waals surface area (Å²) in [5, 5.41) is 0.413. The Morgan fingerprint density at radius 1 is 1.00 bits per heavy atom. The van der Waals surface area contributed by atoms with Crippen LogP contribution in [0.25, 0.3) is 0 Å². The number of carbonyl (C=O) groups is 2. The molecule has 2 amide bonds. The molecule has 3 aromatic rings. The molecule has 0 aliphatic carbocycles. The Bertz CT molecular complexity index is 1130. The minimum absolute atomic E-state index is 0.0149. The third-order valence-corrected chi connectivity index (χ3v) is 6.52. The quantitative estimate of drug-likeness (QED) is 0.525. The van der Waals surface area contributed by atoms with Gasteiger partial charge in [-0.25, -0.2) is 0 Å². The van der Waals surface area contributed by atoms with Crippen LogP contribution in [0.15, 0.2) is 78.9 Å². The van der Waals surface area contributed by atoms with Gasteiger partial charge in [-0.15, -0.1) is 0 Å². The van der Waals surface area contributed by atoms with Crippen LogP contribution < -0.4 is 4.74 Å². The fourth-order valence-electron chi connectivity index (χ4n) is 4.45. The van der Waals surface area contributed by atoms with Crippen molar-refractivity contribution in [3.05, 3.63) is 101 Å². The summed E-state index contributed by atoms with van der Waals surface area (Å²) in [5.41, 5.74) is 2.50. The molecule has 1 heterocycles. The molecule has 0 unspecified atom stereocenters. The van der Waals surface area contributed by atoms with Gasteiger partial charge in [-0.05, 0) is 35.4 Å². The monoisotopic (exact) mass is 462 g/mol. The van der Waals surface area contributed by atoms with Crippen molar-refractivity contribution in [2.45, 2.75) is 12.5 Å². The molecule has 1 saturated heterocycles. The van der Waals surface area contributed by atoms with Crippen LogP contribution in [0.3, 0.4) is 0 Å². The molecule has 33 heavy (non-hydrogen) atoms. The van der Waals surface area contributed by atoms with Gasteiger partial charge in [0.05, 0.1) is 23.6 Å². The number of rotatable bonds is 6. The van der Waals surface area contributed by atoms with Gasteiger partial charge in [0, 0.05) is 32.6 Å². The number of likely N-dealkylation sites (tertiary alicyclic amines) is 1. The lowest BCUT2D eigenvalue weighted by Crippen LogP contribution is -2.36. The highest BCUT2D eigenvalue weighted by Gasteiger charge is 2.42. The van der Waals surface area contributed by atoms with Gasteiger partial charge in [0.1, 0.15) is 5.75 Å². The standard InChI is InChI=1S/C27H27ClN2O3/c1-29(16-19-9-4-3-5-10-19)26(31)24-18-30(27(32)22-13-6-7-14-25(22)28)17-23(24)20-11-8-12-21(15-20)33-2/h3-15,23-24H,16-18H2,1-2H3/t23-,24+/m0/s1. The van der Waals surface area contributed by atoms with Crippen LogP contribution in [-0.2, 0) is 11.3 Å². The molecule has 0 aromatic heterocycles. The summed E-state index contributed by atoms with van der Waals surface area (Å²) in [5.74, 6) is 0.0809. The SMILES string of the molecule is COc1cccc([C@@H]2CN(C(=O)c3ccccc3Cl)C[C@H]2C(=O)N(C)Cc2ccccc2)c1. The smallest absolute Gasteiger partial charge is 0.255 e. The fourth-order valence-corrected chi connectivity index (χ4v) is 4.67. The predicted octanol–water partition coefficient (Wildman–Crippen LogP) is 4.86. The van der Waals surface area contributed by atoms with Crippen LogP contribution >= 0.6 is 11.6 Å². The number of hydrogen-bond donors (Lipinski definition) is 0. The molecule has 0 radical (unpaired) electrons. The van der Waals surface area contributed by atoms with E-state index in [1.807, 2.05) is 61.6 Å². The molecule has 2 atom stereocenters. The van der Waals surface area contributed by atoms with E-state index in [0.717, 1.165) is 16.9 Å². The maximum atomic E-state index is 13.6. The molecule has 0 N–H and O–H groups in total. The maximum Gasteiger partial charge on any atom is 0.255 e. The largest absolute Gasteiger partial charge is 0.497 e. The summed E-state index contributed by atoms with van der Waals surface area (Å²) in [7, 11) is 3.44. The van der Waals surface area contributed by atoms with E-state index < -0.39 is 0 Å². The van der Waals surface area contributed by atoms with Crippen molar-refractivity contribution < 1.29 is 14.3 Å². The van der Waals surface area contributed by atoms with E-state index >= 15 is 0 Å². The van der Waals surface area contributed by atoms with Crippen molar-refractivity contribution >= 4 is 23.4 Å². The summed E-state index contributed by atoms with van der Waals surface area (Å²) in [6, 6.07) is 24.7. The van der Waals surface area contributed by atoms with Gasteiger partial charge in [0.25, 0.3) is 5.91 Å². The Morgan fingerprint density at radius 2 is 1.73 bits per heavy atom. The first-order valence-electron chi connectivity index (χ1n) is 10.9. The third kappa shape index (κ3) is 5.04. The first kappa shape index (κ1) is 22.9. The van der Waals surface area contributed by atoms with E-state index in [1.165, 1.54) is 0 Å². The molecule has 1 aliphatic heterocycles. The van der Waals surface area contributed by atoms with Crippen LogP contribution in [0.2, 0.25) is 5.02 Å². The molecule has 0 spiro atoms. The number of nitrogens with zero attached hydrogens (tertiary/aromatic N) is 2. The molecule has 6 heteroatoms. The first-order chi connectivity index (χ1) is 16.0. The van der Waals surface area contributed by atoms with Crippen LogP contribution in [-0.4, -0.2) is 48.9 Å². The van der Waals surface area contributed by atoms with E-state index in [-0.39, 0.29) is 23.7 Å². The third-order valence-electron chi connectivity index (χ3n) is 6.19. The zero-order valence-electron chi connectivity index (χ0n) is 18.8. The van der Waals surface area contributed by atoms with E-state index in [0.29, 0.717) is 30.2 Å². The molecule has 170 valence electrons. The summed E-state index contributed by atoms with van der Waals surface area (Å²) in [6.07, 6.45) is 0. The Labute approximate surface area is 199 Å². The Morgan fingerprint density at radius 3 is 2.45 bits per heavy atom. The Kier molecular flexibility index (Phi) is 6.99. The van der Waals surface area contributed by atoms with Crippen molar-refractivity contribution in [3.63, 3.8) is 0 Å². The topological polar surface area (TPSA) is 49.9 Å². The van der Waals surface area contributed by atoms with Crippen molar-refractivity contribution in [2.75, 3.05) is 27.2 Å². The lowest BCUT2D eigenvalue weighted by atomic mass is 9.88. The predicted molar refractivity (Wildman–Crippen MR) is 129 cm³/mol. The molecular formula is C27H27ClN2O3. The molecule has 3 aromatic carbocycles. The Hall–Kier alpha value is -3.31. The molecule has 1 aliphatic rings. The van der Waals surface area contributed by atoms with E-state index in [9.17, 15) is 9.59 Å². The maximum absolute atomic E-state index is 13.6. The number of ether oxygens (including phenoxy) is 1. The number of methoxy groups -OCH3 is 1. The van der Waals surface area contributed by atoms with Crippen molar-refractivity contribution in [3.8, 4) is 5.75 Å². The van der Waals surface area contributed by atoms with Gasteiger partial charge in [-0.3, -0.25) is 9.59 Å². The minimum atomic E-state index is -0.364. The summed E-state index contributed by atoms with van der Waals surface area (Å²) < 4.78 is 5.40. The number of hydrogen-bond acceptors (Lipinski definition) is 3. The van der Waals surface area contributed by atoms with E-state index in [1.54, 1.807) is 41.2 Å². The zero-order chi connectivity index (χ0) is 23.4. The molecular weight excluding hydrogens is 436 g/mol. The number of carbonyl (C=O) groups excluding carboxylic acids is 2. The highest BCUT2D eigenvalue weighted by molar-refractivity contribution is 6.33.